The molecule has 96 valence electrons. The highest BCUT2D eigenvalue weighted by Gasteiger charge is 2.30. The Labute approximate surface area is 94.4 Å². The molecule has 2 nitrogen and oxygen atoms in total. The molecule has 2 N–H and O–H groups in total. The fourth-order valence-corrected chi connectivity index (χ4v) is 1.51. The van der Waals surface area contributed by atoms with Crippen LogP contribution in [0.3, 0.4) is 0 Å². The predicted molar refractivity (Wildman–Crippen MR) is 57.0 cm³/mol. The fraction of sp³-hybridized carbons (Fsp3) is 0.909. The first-order chi connectivity index (χ1) is 7.35. The number of rotatable bonds is 8. The number of hydrogen-bond acceptors (Lipinski definition) is 2. The van der Waals surface area contributed by atoms with E-state index in [-0.39, 0.29) is 12.2 Å². The summed E-state index contributed by atoms with van der Waals surface area (Å²) in [4.78, 5) is 11.3. The summed E-state index contributed by atoms with van der Waals surface area (Å²) in [5.41, 5.74) is 5.25. The normalized spacial score (nSPS) is 13.8. The van der Waals surface area contributed by atoms with Crippen molar-refractivity contribution in [3.05, 3.63) is 0 Å². The average molecular weight is 239 g/mol. The van der Waals surface area contributed by atoms with Crippen LogP contribution in [0.1, 0.15) is 51.9 Å². The number of carbonyl (C=O) groups is 1. The second kappa shape index (κ2) is 7.65. The minimum Gasteiger partial charge on any atom is -0.327 e. The summed E-state index contributed by atoms with van der Waals surface area (Å²) in [6, 6.07) is -1.08. The largest absolute Gasteiger partial charge is 0.390 e. The monoisotopic (exact) mass is 239 g/mol. The van der Waals surface area contributed by atoms with Gasteiger partial charge in [-0.15, -0.1) is 0 Å². The molecule has 0 aromatic rings. The van der Waals surface area contributed by atoms with Crippen molar-refractivity contribution in [1.82, 2.24) is 0 Å². The lowest BCUT2D eigenvalue weighted by atomic mass is 10.0. The van der Waals surface area contributed by atoms with Crippen molar-refractivity contribution in [2.75, 3.05) is 0 Å². The maximum Gasteiger partial charge on any atom is 0.390 e. The molecular formula is C11H20F3NO. The summed E-state index contributed by atoms with van der Waals surface area (Å²) >= 11 is 0. The molecule has 0 amide bonds. The van der Waals surface area contributed by atoms with Crippen molar-refractivity contribution in [1.29, 1.82) is 0 Å². The van der Waals surface area contributed by atoms with E-state index in [0.29, 0.717) is 6.42 Å². The number of nitrogens with two attached hydrogens (primary N) is 1. The van der Waals surface area contributed by atoms with Crippen molar-refractivity contribution < 1.29 is 18.0 Å². The highest BCUT2D eigenvalue weighted by Crippen LogP contribution is 2.22. The van der Waals surface area contributed by atoms with E-state index in [1.807, 2.05) is 0 Å². The van der Waals surface area contributed by atoms with Crippen LogP contribution in [0.4, 0.5) is 13.2 Å². The third-order valence-corrected chi connectivity index (χ3v) is 2.29. The number of hydrogen-bond donors (Lipinski definition) is 1. The molecule has 0 saturated carbocycles. The van der Waals surface area contributed by atoms with E-state index >= 15 is 0 Å². The van der Waals surface area contributed by atoms with Crippen LogP contribution in [0.25, 0.3) is 0 Å². The Morgan fingerprint density at radius 3 is 2.38 bits per heavy atom. The Bertz CT molecular complexity index is 204. The van der Waals surface area contributed by atoms with Gasteiger partial charge in [0.05, 0.1) is 6.42 Å². The van der Waals surface area contributed by atoms with E-state index in [0.717, 1.165) is 25.7 Å². The van der Waals surface area contributed by atoms with Gasteiger partial charge in [-0.3, -0.25) is 4.79 Å². The van der Waals surface area contributed by atoms with Gasteiger partial charge in [0.25, 0.3) is 0 Å². The van der Waals surface area contributed by atoms with Crippen molar-refractivity contribution in [3.8, 4) is 0 Å². The number of ketones is 1. The summed E-state index contributed by atoms with van der Waals surface area (Å²) in [7, 11) is 0. The fourth-order valence-electron chi connectivity index (χ4n) is 1.51. The van der Waals surface area contributed by atoms with Crippen LogP contribution < -0.4 is 5.73 Å². The summed E-state index contributed by atoms with van der Waals surface area (Å²) in [5.74, 6) is -0.159. The first-order valence-corrected chi connectivity index (χ1v) is 5.69. The molecular weight excluding hydrogens is 219 g/mol. The van der Waals surface area contributed by atoms with Gasteiger partial charge < -0.3 is 5.73 Å². The van der Waals surface area contributed by atoms with Crippen LogP contribution in [0.5, 0.6) is 0 Å². The minimum absolute atomic E-state index is 0.159. The zero-order valence-electron chi connectivity index (χ0n) is 9.65. The van der Waals surface area contributed by atoms with Crippen LogP contribution in [0, 0.1) is 0 Å². The molecule has 5 heteroatoms. The zero-order valence-corrected chi connectivity index (χ0v) is 9.65. The van der Waals surface area contributed by atoms with Crippen LogP contribution in [0.15, 0.2) is 0 Å². The quantitative estimate of drug-likeness (QED) is 0.661. The topological polar surface area (TPSA) is 43.1 Å². The van der Waals surface area contributed by atoms with Crippen molar-refractivity contribution in [2.24, 2.45) is 5.73 Å². The van der Waals surface area contributed by atoms with E-state index in [2.05, 4.69) is 6.92 Å². The van der Waals surface area contributed by atoms with Crippen LogP contribution in [-0.2, 0) is 4.79 Å². The number of Topliss-reactive ketones (excluding diaryl/α,β-unsaturated/α-hetero) is 1. The molecule has 16 heavy (non-hydrogen) atoms. The van der Waals surface area contributed by atoms with E-state index in [1.165, 1.54) is 0 Å². The van der Waals surface area contributed by atoms with Gasteiger partial charge in [-0.1, -0.05) is 26.2 Å². The molecule has 0 aliphatic heterocycles. The summed E-state index contributed by atoms with van der Waals surface area (Å²) in [5, 5.41) is 0. The third-order valence-electron chi connectivity index (χ3n) is 2.29. The van der Waals surface area contributed by atoms with Crippen molar-refractivity contribution >= 4 is 5.78 Å². The molecule has 0 spiro atoms. The second-order valence-electron chi connectivity index (χ2n) is 4.13. The SMILES string of the molecule is CCCCCCC(=O)CC(N)CC(F)(F)F. The standard InChI is InChI=1S/C11H20F3NO/c1-2-3-4-5-6-10(16)7-9(15)8-11(12,13)14/h9H,2-8,15H2,1H3. The molecule has 0 fully saturated rings. The van der Waals surface area contributed by atoms with Crippen molar-refractivity contribution in [3.63, 3.8) is 0 Å². The van der Waals surface area contributed by atoms with Gasteiger partial charge in [-0.05, 0) is 6.42 Å². The Morgan fingerprint density at radius 2 is 1.88 bits per heavy atom. The first-order valence-electron chi connectivity index (χ1n) is 5.69. The first kappa shape index (κ1) is 15.4. The Balaban J connectivity index is 3.62. The van der Waals surface area contributed by atoms with E-state index in [4.69, 9.17) is 5.73 Å². The molecule has 0 aliphatic rings. The van der Waals surface area contributed by atoms with E-state index in [1.54, 1.807) is 0 Å². The lowest BCUT2D eigenvalue weighted by molar-refractivity contribution is -0.139. The highest BCUT2D eigenvalue weighted by molar-refractivity contribution is 5.78. The van der Waals surface area contributed by atoms with Crippen LogP contribution in [-0.4, -0.2) is 18.0 Å². The Kier molecular flexibility index (Phi) is 7.38. The number of alkyl halides is 3. The van der Waals surface area contributed by atoms with Gasteiger partial charge in [-0.25, -0.2) is 0 Å². The third kappa shape index (κ3) is 9.96. The van der Waals surface area contributed by atoms with Gasteiger partial charge in [-0.2, -0.15) is 13.2 Å². The Hall–Kier alpha value is -0.580. The smallest absolute Gasteiger partial charge is 0.327 e. The maximum absolute atomic E-state index is 11.9. The van der Waals surface area contributed by atoms with Gasteiger partial charge in [0, 0.05) is 18.9 Å². The van der Waals surface area contributed by atoms with E-state index < -0.39 is 18.6 Å². The molecule has 0 aromatic carbocycles. The molecule has 0 aromatic heterocycles. The van der Waals surface area contributed by atoms with Crippen LogP contribution >= 0.6 is 0 Å². The molecule has 0 radical (unpaired) electrons. The average Bonchev–Trinajstić information content (AvgIpc) is 2.09. The molecule has 0 bridgehead atoms. The Morgan fingerprint density at radius 1 is 1.25 bits per heavy atom. The van der Waals surface area contributed by atoms with Gasteiger partial charge in [0.15, 0.2) is 0 Å². The summed E-state index contributed by atoms with van der Waals surface area (Å²) < 4.78 is 35.8. The molecule has 0 heterocycles. The number of unbranched alkanes of at least 4 members (excludes halogenated alkanes) is 3. The summed E-state index contributed by atoms with van der Waals surface area (Å²) in [6.07, 6.45) is -1.32. The number of carbonyl (C=O) groups excluding carboxylic acids is 1. The second-order valence-corrected chi connectivity index (χ2v) is 4.13. The molecule has 0 saturated heterocycles. The van der Waals surface area contributed by atoms with Gasteiger partial charge >= 0.3 is 6.18 Å². The lowest BCUT2D eigenvalue weighted by Gasteiger charge is -2.13. The summed E-state index contributed by atoms with van der Waals surface area (Å²) in [6.45, 7) is 2.06. The minimum atomic E-state index is -4.28. The molecule has 1 unspecified atom stereocenters. The maximum atomic E-state index is 11.9. The van der Waals surface area contributed by atoms with Gasteiger partial charge in [0.2, 0.25) is 0 Å². The number of halogens is 3. The molecule has 1 atom stereocenters. The highest BCUT2D eigenvalue weighted by atomic mass is 19.4. The molecule has 0 aliphatic carbocycles. The lowest BCUT2D eigenvalue weighted by Crippen LogP contribution is -2.29. The zero-order chi connectivity index (χ0) is 12.6. The predicted octanol–water partition coefficient (Wildman–Crippen LogP) is 3.20. The molecule has 0 rings (SSSR count). The van der Waals surface area contributed by atoms with Gasteiger partial charge in [0.1, 0.15) is 5.78 Å². The van der Waals surface area contributed by atoms with Crippen molar-refractivity contribution in [2.45, 2.75) is 64.1 Å². The van der Waals surface area contributed by atoms with Crippen LogP contribution in [0.2, 0.25) is 0 Å². The van der Waals surface area contributed by atoms with E-state index in [9.17, 15) is 18.0 Å².